The standard InChI is InChI=1S/C18H15Cl3N4O4/c1-3-28-17(26)11(18(27)29-4-2)9-23-16-10(7-22)8-24-25(16)13-6-5-12(19)14(20)15(13)21/h5-6,8-9,23H,3-4H2,1-2H3. The lowest BCUT2D eigenvalue weighted by molar-refractivity contribution is -0.146. The molecular weight excluding hydrogens is 443 g/mol. The fourth-order valence-corrected chi connectivity index (χ4v) is 2.80. The number of hydrogen-bond donors (Lipinski definition) is 1. The van der Waals surface area contributed by atoms with E-state index >= 15 is 0 Å². The van der Waals surface area contributed by atoms with Gasteiger partial charge in [0.25, 0.3) is 0 Å². The molecule has 0 saturated carbocycles. The molecule has 0 radical (unpaired) electrons. The number of benzene rings is 1. The van der Waals surface area contributed by atoms with Gasteiger partial charge in [-0.1, -0.05) is 34.8 Å². The number of rotatable bonds is 7. The first-order chi connectivity index (χ1) is 13.8. The normalized spacial score (nSPS) is 10.1. The van der Waals surface area contributed by atoms with E-state index in [1.807, 2.05) is 6.07 Å². The Hall–Kier alpha value is -2.73. The summed E-state index contributed by atoms with van der Waals surface area (Å²) in [4.78, 5) is 24.2. The van der Waals surface area contributed by atoms with Gasteiger partial charge in [0, 0.05) is 6.20 Å². The topological polar surface area (TPSA) is 106 Å². The maximum atomic E-state index is 12.1. The van der Waals surface area contributed by atoms with Gasteiger partial charge in [-0.2, -0.15) is 10.4 Å². The van der Waals surface area contributed by atoms with Gasteiger partial charge in [0.1, 0.15) is 11.6 Å². The molecule has 0 bridgehead atoms. The molecule has 0 aliphatic heterocycles. The second-order valence-corrected chi connectivity index (χ2v) is 6.43. The molecule has 2 rings (SSSR count). The number of carbonyl (C=O) groups excluding carboxylic acids is 2. The highest BCUT2D eigenvalue weighted by Crippen LogP contribution is 2.36. The molecule has 0 aliphatic rings. The van der Waals surface area contributed by atoms with E-state index in [0.29, 0.717) is 5.69 Å². The fraction of sp³-hybridized carbons (Fsp3) is 0.222. The zero-order chi connectivity index (χ0) is 21.6. The van der Waals surface area contributed by atoms with Crippen LogP contribution >= 0.6 is 34.8 Å². The number of nitrogens with zero attached hydrogens (tertiary/aromatic N) is 3. The van der Waals surface area contributed by atoms with Crippen LogP contribution in [-0.4, -0.2) is 34.9 Å². The van der Waals surface area contributed by atoms with E-state index in [0.717, 1.165) is 6.20 Å². The van der Waals surface area contributed by atoms with Crippen molar-refractivity contribution in [3.8, 4) is 11.8 Å². The van der Waals surface area contributed by atoms with Crippen molar-refractivity contribution < 1.29 is 19.1 Å². The Kier molecular flexibility index (Phi) is 7.91. The zero-order valence-corrected chi connectivity index (χ0v) is 17.6. The fourth-order valence-electron chi connectivity index (χ4n) is 2.19. The first-order valence-corrected chi connectivity index (χ1v) is 9.41. The van der Waals surface area contributed by atoms with Crippen molar-refractivity contribution >= 4 is 52.6 Å². The summed E-state index contributed by atoms with van der Waals surface area (Å²) < 4.78 is 11.0. The highest BCUT2D eigenvalue weighted by Gasteiger charge is 2.22. The minimum atomic E-state index is -0.879. The van der Waals surface area contributed by atoms with Gasteiger partial charge in [0.2, 0.25) is 0 Å². The molecule has 0 amide bonds. The van der Waals surface area contributed by atoms with Gasteiger partial charge in [-0.25, -0.2) is 14.3 Å². The van der Waals surface area contributed by atoms with Gasteiger partial charge in [0.15, 0.2) is 11.4 Å². The number of hydrogen-bond acceptors (Lipinski definition) is 7. The molecule has 1 aromatic heterocycles. The molecule has 0 atom stereocenters. The molecule has 2 aromatic rings. The molecule has 29 heavy (non-hydrogen) atoms. The number of aromatic nitrogens is 2. The average Bonchev–Trinajstić information content (AvgIpc) is 3.09. The predicted octanol–water partition coefficient (Wildman–Crippen LogP) is 4.13. The van der Waals surface area contributed by atoms with Crippen molar-refractivity contribution in [1.82, 2.24) is 9.78 Å². The van der Waals surface area contributed by atoms with Crippen LogP contribution in [0.25, 0.3) is 5.69 Å². The van der Waals surface area contributed by atoms with Crippen LogP contribution in [0.5, 0.6) is 0 Å². The lowest BCUT2D eigenvalue weighted by atomic mass is 10.2. The molecule has 1 aromatic carbocycles. The van der Waals surface area contributed by atoms with E-state index in [4.69, 9.17) is 44.3 Å². The Labute approximate surface area is 181 Å². The number of nitriles is 1. The summed E-state index contributed by atoms with van der Waals surface area (Å²) in [5, 5.41) is 16.7. The van der Waals surface area contributed by atoms with E-state index in [9.17, 15) is 14.9 Å². The van der Waals surface area contributed by atoms with Crippen molar-refractivity contribution in [3.63, 3.8) is 0 Å². The molecular formula is C18H15Cl3N4O4. The SMILES string of the molecule is CCOC(=O)C(=CNc1c(C#N)cnn1-c1ccc(Cl)c(Cl)c1Cl)C(=O)OCC. The number of anilines is 1. The van der Waals surface area contributed by atoms with E-state index in [2.05, 4.69) is 10.4 Å². The lowest BCUT2D eigenvalue weighted by Gasteiger charge is -2.12. The van der Waals surface area contributed by atoms with Crippen molar-refractivity contribution in [2.24, 2.45) is 0 Å². The van der Waals surface area contributed by atoms with Crippen molar-refractivity contribution in [1.29, 1.82) is 5.26 Å². The number of esters is 2. The molecule has 0 fully saturated rings. The third-order valence-corrected chi connectivity index (χ3v) is 4.76. The molecule has 1 heterocycles. The van der Waals surface area contributed by atoms with Crippen LogP contribution in [0.15, 0.2) is 30.1 Å². The minimum absolute atomic E-state index is 0.0653. The summed E-state index contributed by atoms with van der Waals surface area (Å²) in [6.07, 6.45) is 2.36. The van der Waals surface area contributed by atoms with Crippen molar-refractivity contribution in [2.75, 3.05) is 18.5 Å². The lowest BCUT2D eigenvalue weighted by Crippen LogP contribution is -2.20. The van der Waals surface area contributed by atoms with Gasteiger partial charge < -0.3 is 14.8 Å². The van der Waals surface area contributed by atoms with E-state index < -0.39 is 11.9 Å². The van der Waals surface area contributed by atoms with E-state index in [1.165, 1.54) is 16.9 Å². The maximum Gasteiger partial charge on any atom is 0.347 e. The highest BCUT2D eigenvalue weighted by atomic mass is 35.5. The molecule has 11 heteroatoms. The maximum absolute atomic E-state index is 12.1. The quantitative estimate of drug-likeness (QED) is 0.219. The number of nitrogens with one attached hydrogen (secondary N) is 1. The first kappa shape index (κ1) is 22.6. The summed E-state index contributed by atoms with van der Waals surface area (Å²) in [6.45, 7) is 3.33. The summed E-state index contributed by atoms with van der Waals surface area (Å²) in [5.74, 6) is -1.62. The summed E-state index contributed by atoms with van der Waals surface area (Å²) in [5.41, 5.74) is 0.0633. The summed E-state index contributed by atoms with van der Waals surface area (Å²) in [6, 6.07) is 5.02. The first-order valence-electron chi connectivity index (χ1n) is 8.28. The van der Waals surface area contributed by atoms with Crippen LogP contribution in [-0.2, 0) is 19.1 Å². The highest BCUT2D eigenvalue weighted by molar-refractivity contribution is 6.48. The molecule has 0 aliphatic carbocycles. The molecule has 8 nitrogen and oxygen atoms in total. The van der Waals surface area contributed by atoms with Crippen LogP contribution in [0.1, 0.15) is 19.4 Å². The van der Waals surface area contributed by atoms with Gasteiger partial charge in [-0.05, 0) is 26.0 Å². The summed E-state index contributed by atoms with van der Waals surface area (Å²) in [7, 11) is 0. The van der Waals surface area contributed by atoms with Gasteiger partial charge >= 0.3 is 11.9 Å². The molecule has 1 N–H and O–H groups in total. The number of carbonyl (C=O) groups is 2. The smallest absolute Gasteiger partial charge is 0.347 e. The summed E-state index contributed by atoms with van der Waals surface area (Å²) >= 11 is 18.3. The van der Waals surface area contributed by atoms with Gasteiger partial charge in [-0.15, -0.1) is 0 Å². The molecule has 0 unspecified atom stereocenters. The molecule has 0 spiro atoms. The van der Waals surface area contributed by atoms with Crippen LogP contribution in [0.2, 0.25) is 15.1 Å². The monoisotopic (exact) mass is 456 g/mol. The van der Waals surface area contributed by atoms with Crippen molar-refractivity contribution in [2.45, 2.75) is 13.8 Å². The number of ether oxygens (including phenoxy) is 2. The zero-order valence-electron chi connectivity index (χ0n) is 15.3. The molecule has 0 saturated heterocycles. The second-order valence-electron chi connectivity index (χ2n) is 5.27. The Morgan fingerprint density at radius 2 is 1.79 bits per heavy atom. The van der Waals surface area contributed by atoms with Gasteiger partial charge in [-0.3, -0.25) is 0 Å². The van der Waals surface area contributed by atoms with Crippen LogP contribution in [0.4, 0.5) is 5.82 Å². The Balaban J connectivity index is 2.52. The Morgan fingerprint density at radius 1 is 1.17 bits per heavy atom. The van der Waals surface area contributed by atoms with Crippen molar-refractivity contribution in [3.05, 3.63) is 50.7 Å². The third kappa shape index (κ3) is 5.01. The van der Waals surface area contributed by atoms with Crippen LogP contribution in [0.3, 0.4) is 0 Å². The Morgan fingerprint density at radius 3 is 2.34 bits per heavy atom. The van der Waals surface area contributed by atoms with Crippen LogP contribution in [0, 0.1) is 11.3 Å². The largest absolute Gasteiger partial charge is 0.462 e. The third-order valence-electron chi connectivity index (χ3n) is 3.48. The minimum Gasteiger partial charge on any atom is -0.462 e. The van der Waals surface area contributed by atoms with E-state index in [-0.39, 0.29) is 45.2 Å². The average molecular weight is 458 g/mol. The van der Waals surface area contributed by atoms with Crippen LogP contribution < -0.4 is 5.32 Å². The number of halogens is 3. The molecule has 152 valence electrons. The predicted molar refractivity (Wildman–Crippen MR) is 108 cm³/mol. The van der Waals surface area contributed by atoms with E-state index in [1.54, 1.807) is 19.9 Å². The Bertz CT molecular complexity index is 991. The van der Waals surface area contributed by atoms with Gasteiger partial charge in [0.05, 0.1) is 40.2 Å². The second kappa shape index (κ2) is 10.2.